The van der Waals surface area contributed by atoms with Gasteiger partial charge in [-0.3, -0.25) is 4.79 Å². The van der Waals surface area contributed by atoms with E-state index in [0.29, 0.717) is 19.6 Å². The number of aromatic nitrogens is 1. The molecule has 5 heteroatoms. The molecule has 2 aromatic carbocycles. The van der Waals surface area contributed by atoms with Crippen LogP contribution in [0.5, 0.6) is 5.75 Å². The Labute approximate surface area is 158 Å². The monoisotopic (exact) mass is 359 g/mol. The van der Waals surface area contributed by atoms with E-state index in [2.05, 4.69) is 16.4 Å². The Morgan fingerprint density at radius 2 is 2.00 bits per heavy atom. The molecule has 0 aliphatic carbocycles. The van der Waals surface area contributed by atoms with Crippen LogP contribution in [-0.4, -0.2) is 24.0 Å². The zero-order valence-electron chi connectivity index (χ0n) is 15.2. The van der Waals surface area contributed by atoms with Crippen LogP contribution in [0.4, 0.5) is 0 Å². The van der Waals surface area contributed by atoms with E-state index in [1.807, 2.05) is 61.7 Å². The normalized spacial score (nSPS) is 11.2. The van der Waals surface area contributed by atoms with Crippen LogP contribution in [0.2, 0.25) is 0 Å². The van der Waals surface area contributed by atoms with Gasteiger partial charge in [0.25, 0.3) is 5.91 Å². The fourth-order valence-electron chi connectivity index (χ4n) is 2.89. The van der Waals surface area contributed by atoms with Crippen LogP contribution in [0.1, 0.15) is 18.1 Å². The summed E-state index contributed by atoms with van der Waals surface area (Å²) in [6, 6.07) is 17.3. The summed E-state index contributed by atoms with van der Waals surface area (Å²) in [5.74, 6) is 0.391. The van der Waals surface area contributed by atoms with Crippen LogP contribution in [0.25, 0.3) is 17.0 Å². The highest BCUT2D eigenvalue weighted by Gasteiger charge is 2.09. The molecule has 1 heterocycles. The number of ether oxygens (including phenoxy) is 1. The second-order valence-corrected chi connectivity index (χ2v) is 6.04. The SMILES string of the molecule is CCOc1ccc(/C=C(/C#N)C(=O)NCCc2c[nH]c3ccccc23)cc1. The Morgan fingerprint density at radius 3 is 2.74 bits per heavy atom. The van der Waals surface area contributed by atoms with Gasteiger partial charge < -0.3 is 15.0 Å². The lowest BCUT2D eigenvalue weighted by molar-refractivity contribution is -0.117. The number of nitrogens with zero attached hydrogens (tertiary/aromatic N) is 1. The lowest BCUT2D eigenvalue weighted by Crippen LogP contribution is -2.26. The molecule has 5 nitrogen and oxygen atoms in total. The lowest BCUT2D eigenvalue weighted by atomic mass is 10.1. The molecule has 0 radical (unpaired) electrons. The molecule has 0 atom stereocenters. The summed E-state index contributed by atoms with van der Waals surface area (Å²) in [5.41, 5.74) is 3.08. The van der Waals surface area contributed by atoms with Gasteiger partial charge in [-0.15, -0.1) is 0 Å². The number of amides is 1. The van der Waals surface area contributed by atoms with Crippen LogP contribution < -0.4 is 10.1 Å². The van der Waals surface area contributed by atoms with Gasteiger partial charge in [-0.05, 0) is 48.7 Å². The number of nitrogens with one attached hydrogen (secondary N) is 2. The van der Waals surface area contributed by atoms with Crippen molar-refractivity contribution in [1.82, 2.24) is 10.3 Å². The molecule has 1 amide bonds. The number of para-hydroxylation sites is 1. The van der Waals surface area contributed by atoms with Crippen LogP contribution in [0, 0.1) is 11.3 Å². The molecule has 0 fully saturated rings. The highest BCUT2D eigenvalue weighted by atomic mass is 16.5. The Hall–Kier alpha value is -3.52. The predicted octanol–water partition coefficient (Wildman–Crippen LogP) is 3.83. The van der Waals surface area contributed by atoms with E-state index in [-0.39, 0.29) is 11.5 Å². The summed E-state index contributed by atoms with van der Waals surface area (Å²) in [6.07, 6.45) is 4.23. The van der Waals surface area contributed by atoms with E-state index in [4.69, 9.17) is 4.74 Å². The van der Waals surface area contributed by atoms with Crippen molar-refractivity contribution in [2.45, 2.75) is 13.3 Å². The van der Waals surface area contributed by atoms with Crippen molar-refractivity contribution in [2.75, 3.05) is 13.2 Å². The molecule has 136 valence electrons. The van der Waals surface area contributed by atoms with Crippen molar-refractivity contribution < 1.29 is 9.53 Å². The van der Waals surface area contributed by atoms with E-state index in [9.17, 15) is 10.1 Å². The first-order chi connectivity index (χ1) is 13.2. The van der Waals surface area contributed by atoms with Gasteiger partial charge in [0.05, 0.1) is 6.61 Å². The first-order valence-electron chi connectivity index (χ1n) is 8.89. The van der Waals surface area contributed by atoms with Crippen molar-refractivity contribution >= 4 is 22.9 Å². The summed E-state index contributed by atoms with van der Waals surface area (Å²) in [7, 11) is 0. The summed E-state index contributed by atoms with van der Waals surface area (Å²) in [6.45, 7) is 2.97. The Balaban J connectivity index is 1.60. The minimum absolute atomic E-state index is 0.0816. The van der Waals surface area contributed by atoms with Gasteiger partial charge in [0.2, 0.25) is 0 Å². The van der Waals surface area contributed by atoms with E-state index >= 15 is 0 Å². The van der Waals surface area contributed by atoms with Crippen LogP contribution in [0.15, 0.2) is 60.3 Å². The second-order valence-electron chi connectivity index (χ2n) is 6.04. The Morgan fingerprint density at radius 1 is 1.22 bits per heavy atom. The number of H-pyrrole nitrogens is 1. The van der Waals surface area contributed by atoms with Crippen molar-refractivity contribution in [1.29, 1.82) is 5.26 Å². The van der Waals surface area contributed by atoms with Crippen molar-refractivity contribution in [3.05, 3.63) is 71.4 Å². The lowest BCUT2D eigenvalue weighted by Gasteiger charge is -2.05. The molecule has 0 saturated carbocycles. The zero-order valence-corrected chi connectivity index (χ0v) is 15.2. The quantitative estimate of drug-likeness (QED) is 0.497. The summed E-state index contributed by atoms with van der Waals surface area (Å²) in [5, 5.41) is 13.3. The molecule has 0 saturated heterocycles. The smallest absolute Gasteiger partial charge is 0.261 e. The predicted molar refractivity (Wildman–Crippen MR) is 106 cm³/mol. The van der Waals surface area contributed by atoms with E-state index in [1.165, 1.54) is 0 Å². The second kappa shape index (κ2) is 8.72. The fraction of sp³-hybridized carbons (Fsp3) is 0.182. The third-order valence-corrected chi connectivity index (χ3v) is 4.22. The van der Waals surface area contributed by atoms with Gasteiger partial charge in [0, 0.05) is 23.6 Å². The number of aromatic amines is 1. The van der Waals surface area contributed by atoms with Gasteiger partial charge in [-0.2, -0.15) is 5.26 Å². The van der Waals surface area contributed by atoms with E-state index < -0.39 is 0 Å². The molecule has 1 aromatic heterocycles. The third-order valence-electron chi connectivity index (χ3n) is 4.22. The third kappa shape index (κ3) is 4.56. The molecule has 2 N–H and O–H groups in total. The number of benzene rings is 2. The zero-order chi connectivity index (χ0) is 19.1. The molecule has 0 aliphatic rings. The minimum atomic E-state index is -0.369. The maximum atomic E-state index is 12.3. The highest BCUT2D eigenvalue weighted by molar-refractivity contribution is 6.01. The Kier molecular flexibility index (Phi) is 5.91. The number of rotatable bonds is 7. The van der Waals surface area contributed by atoms with E-state index in [1.54, 1.807) is 6.08 Å². The molecule has 3 aromatic rings. The maximum Gasteiger partial charge on any atom is 0.261 e. The van der Waals surface area contributed by atoms with E-state index in [0.717, 1.165) is 27.8 Å². The molecular formula is C22H21N3O2. The molecule has 0 unspecified atom stereocenters. The highest BCUT2D eigenvalue weighted by Crippen LogP contribution is 2.18. The van der Waals surface area contributed by atoms with Crippen LogP contribution in [0.3, 0.4) is 0 Å². The standard InChI is InChI=1S/C22H21N3O2/c1-2-27-19-9-7-16(8-10-19)13-18(14-23)22(26)24-12-11-17-15-25-21-6-4-3-5-20(17)21/h3-10,13,15,25H,2,11-12H2,1H3,(H,24,26)/b18-13-. The number of hydrogen-bond acceptors (Lipinski definition) is 3. The molecule has 27 heavy (non-hydrogen) atoms. The molecule has 0 aliphatic heterocycles. The fourth-order valence-corrected chi connectivity index (χ4v) is 2.89. The molecule has 3 rings (SSSR count). The maximum absolute atomic E-state index is 12.3. The number of nitriles is 1. The van der Waals surface area contributed by atoms with Gasteiger partial charge >= 0.3 is 0 Å². The van der Waals surface area contributed by atoms with Crippen molar-refractivity contribution in [3.63, 3.8) is 0 Å². The average Bonchev–Trinajstić information content (AvgIpc) is 3.11. The first-order valence-corrected chi connectivity index (χ1v) is 8.89. The largest absolute Gasteiger partial charge is 0.494 e. The number of fused-ring (bicyclic) bond motifs is 1. The van der Waals surface area contributed by atoms with Crippen LogP contribution >= 0.6 is 0 Å². The average molecular weight is 359 g/mol. The molecule has 0 spiro atoms. The van der Waals surface area contributed by atoms with Crippen molar-refractivity contribution in [2.24, 2.45) is 0 Å². The van der Waals surface area contributed by atoms with Crippen LogP contribution in [-0.2, 0) is 11.2 Å². The topological polar surface area (TPSA) is 77.9 Å². The van der Waals surface area contributed by atoms with Gasteiger partial charge in [-0.1, -0.05) is 30.3 Å². The van der Waals surface area contributed by atoms with Gasteiger partial charge in [-0.25, -0.2) is 0 Å². The molecular weight excluding hydrogens is 338 g/mol. The minimum Gasteiger partial charge on any atom is -0.494 e. The Bertz CT molecular complexity index is 994. The first kappa shape index (κ1) is 18.3. The van der Waals surface area contributed by atoms with Gasteiger partial charge in [0.1, 0.15) is 17.4 Å². The summed E-state index contributed by atoms with van der Waals surface area (Å²) < 4.78 is 5.39. The number of hydrogen-bond donors (Lipinski definition) is 2. The summed E-state index contributed by atoms with van der Waals surface area (Å²) in [4.78, 5) is 15.5. The van der Waals surface area contributed by atoms with Crippen molar-refractivity contribution in [3.8, 4) is 11.8 Å². The number of carbonyl (C=O) groups is 1. The number of carbonyl (C=O) groups excluding carboxylic acids is 1. The van der Waals surface area contributed by atoms with Gasteiger partial charge in [0.15, 0.2) is 0 Å². The molecule has 0 bridgehead atoms. The summed E-state index contributed by atoms with van der Waals surface area (Å²) >= 11 is 0.